The first-order valence-electron chi connectivity index (χ1n) is 10.4. The van der Waals surface area contributed by atoms with E-state index >= 15 is 0 Å². The van der Waals surface area contributed by atoms with E-state index in [2.05, 4.69) is 97.2 Å². The zero-order chi connectivity index (χ0) is 21.5. The lowest BCUT2D eigenvalue weighted by Gasteiger charge is -2.07. The molecule has 0 amide bonds. The summed E-state index contributed by atoms with van der Waals surface area (Å²) in [5.41, 5.74) is 10.4. The highest BCUT2D eigenvalue weighted by molar-refractivity contribution is 6.84. The Bertz CT molecular complexity index is 1050. The van der Waals surface area contributed by atoms with Crippen LogP contribution in [0.4, 0.5) is 0 Å². The number of rotatable bonds is 3. The molecule has 29 heavy (non-hydrogen) atoms. The molecule has 0 saturated heterocycles. The highest BCUT2D eigenvalue weighted by atomic mass is 28.3. The van der Waals surface area contributed by atoms with Gasteiger partial charge in [0.25, 0.3) is 0 Å². The predicted molar refractivity (Wildman–Crippen MR) is 131 cm³/mol. The van der Waals surface area contributed by atoms with Gasteiger partial charge in [-0.05, 0) is 30.5 Å². The Morgan fingerprint density at radius 1 is 0.828 bits per heavy atom. The van der Waals surface area contributed by atoms with Crippen LogP contribution < -0.4 is 0 Å². The number of hydrogen-bond acceptors (Lipinski definition) is 2. The number of nitrogens with zero attached hydrogens (tertiary/aromatic N) is 2. The Morgan fingerprint density at radius 2 is 1.52 bits per heavy atom. The molecule has 0 unspecified atom stereocenters. The Hall–Kier alpha value is -2.33. The SMILES string of the molecule is CCCCCC#Cc1nnc2ccc(C#C[Si](C)(C)C)cc2c1C#C[Si](C)(C)C. The molecular weight excluding hydrogens is 384 g/mol. The van der Waals surface area contributed by atoms with Crippen molar-refractivity contribution in [3.63, 3.8) is 0 Å². The number of hydrogen-bond donors (Lipinski definition) is 0. The molecule has 1 aromatic carbocycles. The number of benzene rings is 1. The van der Waals surface area contributed by atoms with Crippen LogP contribution in [0.1, 0.15) is 49.4 Å². The molecule has 0 radical (unpaired) electrons. The summed E-state index contributed by atoms with van der Waals surface area (Å²) in [6.07, 6.45) is 4.41. The van der Waals surface area contributed by atoms with Crippen LogP contribution in [0, 0.1) is 34.8 Å². The molecule has 2 rings (SSSR count). The molecule has 0 aliphatic heterocycles. The first kappa shape index (κ1) is 23.0. The van der Waals surface area contributed by atoms with Crippen LogP contribution in [0.15, 0.2) is 18.2 Å². The van der Waals surface area contributed by atoms with Crippen molar-refractivity contribution >= 4 is 27.1 Å². The van der Waals surface area contributed by atoms with E-state index in [9.17, 15) is 0 Å². The average Bonchev–Trinajstić information content (AvgIpc) is 2.63. The predicted octanol–water partition coefficient (Wildman–Crippen LogP) is 6.02. The van der Waals surface area contributed by atoms with E-state index in [1.165, 1.54) is 12.8 Å². The second-order valence-corrected chi connectivity index (χ2v) is 18.9. The summed E-state index contributed by atoms with van der Waals surface area (Å²) in [6.45, 7) is 15.7. The summed E-state index contributed by atoms with van der Waals surface area (Å²) >= 11 is 0. The van der Waals surface area contributed by atoms with E-state index in [1.54, 1.807) is 0 Å². The minimum Gasteiger partial charge on any atom is -0.149 e. The summed E-state index contributed by atoms with van der Waals surface area (Å²) < 4.78 is 0. The Kier molecular flexibility index (Phi) is 7.86. The van der Waals surface area contributed by atoms with Gasteiger partial charge in [0.1, 0.15) is 16.1 Å². The molecule has 0 bridgehead atoms. The van der Waals surface area contributed by atoms with Crippen LogP contribution in [0.25, 0.3) is 10.9 Å². The fourth-order valence-electron chi connectivity index (χ4n) is 2.52. The van der Waals surface area contributed by atoms with Gasteiger partial charge in [0.15, 0.2) is 5.69 Å². The van der Waals surface area contributed by atoms with E-state index in [1.807, 2.05) is 12.1 Å². The minimum absolute atomic E-state index is 0.690. The average molecular weight is 417 g/mol. The molecule has 1 heterocycles. The summed E-state index contributed by atoms with van der Waals surface area (Å²) in [4.78, 5) is 0. The topological polar surface area (TPSA) is 25.8 Å². The van der Waals surface area contributed by atoms with Gasteiger partial charge in [0.2, 0.25) is 0 Å². The highest BCUT2D eigenvalue weighted by Crippen LogP contribution is 2.20. The van der Waals surface area contributed by atoms with Crippen molar-refractivity contribution in [1.82, 2.24) is 10.2 Å². The molecule has 0 atom stereocenters. The van der Waals surface area contributed by atoms with E-state index < -0.39 is 16.1 Å². The fraction of sp³-hybridized carbons (Fsp3) is 0.440. The van der Waals surface area contributed by atoms with Crippen molar-refractivity contribution in [1.29, 1.82) is 0 Å². The van der Waals surface area contributed by atoms with Gasteiger partial charge in [0.05, 0.1) is 11.1 Å². The molecule has 2 nitrogen and oxygen atoms in total. The lowest BCUT2D eigenvalue weighted by molar-refractivity contribution is 0.737. The first-order chi connectivity index (χ1) is 13.6. The van der Waals surface area contributed by atoms with Crippen molar-refractivity contribution in [2.45, 2.75) is 71.9 Å². The molecule has 0 fully saturated rings. The van der Waals surface area contributed by atoms with Gasteiger partial charge in [-0.3, -0.25) is 0 Å². The van der Waals surface area contributed by atoms with Crippen molar-refractivity contribution < 1.29 is 0 Å². The number of unbranched alkanes of at least 4 members (excludes halogenated alkanes) is 3. The quantitative estimate of drug-likeness (QED) is 0.347. The minimum atomic E-state index is -1.53. The van der Waals surface area contributed by atoms with Gasteiger partial charge >= 0.3 is 0 Å². The largest absolute Gasteiger partial charge is 0.152 e. The maximum Gasteiger partial charge on any atom is 0.152 e. The molecule has 0 saturated carbocycles. The van der Waals surface area contributed by atoms with Crippen LogP contribution in [0.3, 0.4) is 0 Å². The van der Waals surface area contributed by atoms with E-state index in [-0.39, 0.29) is 0 Å². The van der Waals surface area contributed by atoms with E-state index in [0.717, 1.165) is 34.9 Å². The molecule has 1 aromatic heterocycles. The number of aromatic nitrogens is 2. The monoisotopic (exact) mass is 416 g/mol. The Labute approximate surface area is 178 Å². The third-order valence-electron chi connectivity index (χ3n) is 4.02. The fourth-order valence-corrected chi connectivity index (χ4v) is 3.54. The van der Waals surface area contributed by atoms with Crippen molar-refractivity contribution in [3.05, 3.63) is 35.0 Å². The molecule has 150 valence electrons. The van der Waals surface area contributed by atoms with Gasteiger partial charge in [-0.25, -0.2) is 0 Å². The molecule has 0 N–H and O–H groups in total. The van der Waals surface area contributed by atoms with Crippen molar-refractivity contribution in [3.8, 4) is 34.8 Å². The Balaban J connectivity index is 2.59. The lowest BCUT2D eigenvalue weighted by atomic mass is 10.0. The van der Waals surface area contributed by atoms with E-state index in [0.29, 0.717) is 5.69 Å². The lowest BCUT2D eigenvalue weighted by Crippen LogP contribution is -2.16. The van der Waals surface area contributed by atoms with E-state index in [4.69, 9.17) is 0 Å². The normalized spacial score (nSPS) is 11.0. The second kappa shape index (κ2) is 9.93. The molecule has 0 aliphatic rings. The molecular formula is C25H32N2Si2. The summed E-state index contributed by atoms with van der Waals surface area (Å²) in [6, 6.07) is 6.12. The summed E-state index contributed by atoms with van der Waals surface area (Å²) in [5, 5.41) is 9.81. The molecule has 0 aliphatic carbocycles. The van der Waals surface area contributed by atoms with Gasteiger partial charge in [-0.1, -0.05) is 76.8 Å². The van der Waals surface area contributed by atoms with Gasteiger partial charge in [-0.2, -0.15) is 0 Å². The maximum absolute atomic E-state index is 4.40. The Morgan fingerprint density at radius 3 is 2.17 bits per heavy atom. The highest BCUT2D eigenvalue weighted by Gasteiger charge is 2.12. The van der Waals surface area contributed by atoms with Crippen LogP contribution >= 0.6 is 0 Å². The summed E-state index contributed by atoms with van der Waals surface area (Å²) in [5.74, 6) is 13.3. The standard InChI is InChI=1S/C25H32N2Si2/c1-8-9-10-11-12-13-24-22(17-19-29(5,6)7)23-20-21(16-18-28(2,3)4)14-15-25(23)27-26-24/h14-15,20H,8-11H2,1-7H3. The van der Waals surface area contributed by atoms with Crippen molar-refractivity contribution in [2.75, 3.05) is 0 Å². The maximum atomic E-state index is 4.40. The second-order valence-electron chi connectivity index (χ2n) is 9.41. The zero-order valence-electron chi connectivity index (χ0n) is 19.0. The van der Waals surface area contributed by atoms with Crippen molar-refractivity contribution in [2.24, 2.45) is 0 Å². The third-order valence-corrected chi connectivity index (χ3v) is 5.77. The summed E-state index contributed by atoms with van der Waals surface area (Å²) in [7, 11) is -2.97. The van der Waals surface area contributed by atoms with Gasteiger partial charge in [0, 0.05) is 17.4 Å². The van der Waals surface area contributed by atoms with Gasteiger partial charge < -0.3 is 0 Å². The molecule has 2 aromatic rings. The van der Waals surface area contributed by atoms with Crippen LogP contribution in [-0.2, 0) is 0 Å². The van der Waals surface area contributed by atoms with Crippen LogP contribution in [-0.4, -0.2) is 26.3 Å². The first-order valence-corrected chi connectivity index (χ1v) is 17.4. The van der Waals surface area contributed by atoms with Gasteiger partial charge in [-0.15, -0.1) is 21.3 Å². The smallest absolute Gasteiger partial charge is 0.149 e. The zero-order valence-corrected chi connectivity index (χ0v) is 21.0. The number of fused-ring (bicyclic) bond motifs is 1. The molecule has 0 spiro atoms. The molecule has 4 heteroatoms. The third kappa shape index (κ3) is 7.90. The van der Waals surface area contributed by atoms with Crippen LogP contribution in [0.2, 0.25) is 39.3 Å². The van der Waals surface area contributed by atoms with Crippen LogP contribution in [0.5, 0.6) is 0 Å².